The molecule has 1 amide bonds. The zero-order chi connectivity index (χ0) is 15.5. The summed E-state index contributed by atoms with van der Waals surface area (Å²) in [5, 5.41) is 1.90. The van der Waals surface area contributed by atoms with E-state index in [9.17, 15) is 9.36 Å². The van der Waals surface area contributed by atoms with Crippen LogP contribution in [0, 0.1) is 0 Å². The van der Waals surface area contributed by atoms with Crippen molar-refractivity contribution >= 4 is 30.0 Å². The van der Waals surface area contributed by atoms with Crippen molar-refractivity contribution in [3.8, 4) is 0 Å². The molecule has 4 N–H and O–H groups in total. The molecule has 0 fully saturated rings. The van der Waals surface area contributed by atoms with Gasteiger partial charge in [0.15, 0.2) is 0 Å². The summed E-state index contributed by atoms with van der Waals surface area (Å²) >= 11 is 0. The van der Waals surface area contributed by atoms with Crippen molar-refractivity contribution in [3.05, 3.63) is 42.5 Å². The SMILES string of the molecule is CCOCC(=O)N(c1ccc2ccccc2c1)P(N)(N)=O. The van der Waals surface area contributed by atoms with Gasteiger partial charge in [0, 0.05) is 6.61 Å². The van der Waals surface area contributed by atoms with E-state index in [1.54, 1.807) is 19.1 Å². The number of nitrogens with two attached hydrogens (primary N) is 2. The summed E-state index contributed by atoms with van der Waals surface area (Å²) in [6, 6.07) is 12.8. The molecule has 0 unspecified atom stereocenters. The van der Waals surface area contributed by atoms with Crippen molar-refractivity contribution < 1.29 is 14.1 Å². The number of carbonyl (C=O) groups excluding carboxylic acids is 1. The number of hydrogen-bond acceptors (Lipinski definition) is 3. The molecule has 0 radical (unpaired) electrons. The number of amides is 1. The quantitative estimate of drug-likeness (QED) is 0.825. The van der Waals surface area contributed by atoms with Crippen LogP contribution in [0.25, 0.3) is 10.8 Å². The number of anilines is 1. The predicted molar refractivity (Wildman–Crippen MR) is 83.9 cm³/mol. The lowest BCUT2D eigenvalue weighted by atomic mass is 10.1. The van der Waals surface area contributed by atoms with Gasteiger partial charge in [-0.2, -0.15) is 0 Å². The minimum absolute atomic E-state index is 0.221. The van der Waals surface area contributed by atoms with E-state index in [1.165, 1.54) is 0 Å². The second-order valence-electron chi connectivity index (χ2n) is 4.55. The van der Waals surface area contributed by atoms with Crippen molar-refractivity contribution in [1.29, 1.82) is 0 Å². The summed E-state index contributed by atoms with van der Waals surface area (Å²) in [7, 11) is -3.77. The average molecular weight is 307 g/mol. The highest BCUT2D eigenvalue weighted by atomic mass is 31.2. The number of nitrogens with zero attached hydrogens (tertiary/aromatic N) is 1. The Labute approximate surface area is 123 Å². The molecule has 0 aliphatic carbocycles. The summed E-state index contributed by atoms with van der Waals surface area (Å²) in [5.41, 5.74) is 11.4. The van der Waals surface area contributed by atoms with Crippen LogP contribution in [0.5, 0.6) is 0 Å². The second-order valence-corrected chi connectivity index (χ2v) is 6.29. The van der Waals surface area contributed by atoms with Gasteiger partial charge >= 0.3 is 7.59 Å². The van der Waals surface area contributed by atoms with Crippen LogP contribution in [0.2, 0.25) is 0 Å². The van der Waals surface area contributed by atoms with Gasteiger partial charge in [0.25, 0.3) is 5.91 Å². The van der Waals surface area contributed by atoms with Crippen molar-refractivity contribution in [2.75, 3.05) is 17.9 Å². The van der Waals surface area contributed by atoms with E-state index in [0.717, 1.165) is 15.4 Å². The lowest BCUT2D eigenvalue weighted by Gasteiger charge is -2.25. The first kappa shape index (κ1) is 15.7. The lowest BCUT2D eigenvalue weighted by molar-refractivity contribution is -0.121. The van der Waals surface area contributed by atoms with Crippen LogP contribution in [0.3, 0.4) is 0 Å². The molecular formula is C14H18N3O3P. The maximum atomic E-state index is 12.2. The Hall–Kier alpha value is -1.72. The number of benzene rings is 2. The van der Waals surface area contributed by atoms with Gasteiger partial charge in [-0.3, -0.25) is 20.4 Å². The van der Waals surface area contributed by atoms with Gasteiger partial charge in [-0.1, -0.05) is 30.3 Å². The summed E-state index contributed by atoms with van der Waals surface area (Å²) in [5.74, 6) is -0.527. The number of ether oxygens (including phenoxy) is 1. The topological polar surface area (TPSA) is 98.7 Å². The van der Waals surface area contributed by atoms with Crippen LogP contribution < -0.4 is 15.7 Å². The Balaban J connectivity index is 2.43. The molecule has 0 spiro atoms. The van der Waals surface area contributed by atoms with Gasteiger partial charge in [0.2, 0.25) is 0 Å². The number of rotatable bonds is 5. The van der Waals surface area contributed by atoms with Crippen LogP contribution in [0.4, 0.5) is 5.69 Å². The third-order valence-electron chi connectivity index (χ3n) is 2.96. The monoisotopic (exact) mass is 307 g/mol. The number of hydrogen-bond donors (Lipinski definition) is 2. The first-order valence-corrected chi connectivity index (χ1v) is 8.30. The molecule has 2 aromatic rings. The molecule has 0 atom stereocenters. The van der Waals surface area contributed by atoms with Crippen LogP contribution >= 0.6 is 7.59 Å². The Morgan fingerprint density at radius 3 is 2.48 bits per heavy atom. The number of fused-ring (bicyclic) bond motifs is 1. The Morgan fingerprint density at radius 2 is 1.86 bits per heavy atom. The van der Waals surface area contributed by atoms with E-state index in [2.05, 4.69) is 0 Å². The minimum atomic E-state index is -3.77. The van der Waals surface area contributed by atoms with Crippen LogP contribution in [0.1, 0.15) is 6.92 Å². The second kappa shape index (κ2) is 6.37. The third kappa shape index (κ3) is 3.68. The summed E-state index contributed by atoms with van der Waals surface area (Å²) in [6.45, 7) is 1.91. The summed E-state index contributed by atoms with van der Waals surface area (Å²) in [6.07, 6.45) is 0. The van der Waals surface area contributed by atoms with Gasteiger partial charge in [-0.05, 0) is 29.8 Å². The fraction of sp³-hybridized carbons (Fsp3) is 0.214. The average Bonchev–Trinajstić information content (AvgIpc) is 2.43. The molecule has 0 aliphatic rings. The maximum Gasteiger partial charge on any atom is 0.307 e. The van der Waals surface area contributed by atoms with Crippen LogP contribution in [-0.2, 0) is 14.1 Å². The van der Waals surface area contributed by atoms with E-state index in [0.29, 0.717) is 12.3 Å². The van der Waals surface area contributed by atoms with Crippen LogP contribution in [0.15, 0.2) is 42.5 Å². The molecule has 112 valence electrons. The molecule has 2 rings (SSSR count). The molecule has 0 aromatic heterocycles. The fourth-order valence-electron chi connectivity index (χ4n) is 2.06. The highest BCUT2D eigenvalue weighted by Crippen LogP contribution is 2.38. The Bertz CT molecular complexity index is 699. The van der Waals surface area contributed by atoms with Crippen molar-refractivity contribution in [1.82, 2.24) is 0 Å². The van der Waals surface area contributed by atoms with Gasteiger partial charge < -0.3 is 4.74 Å². The molecule has 6 nitrogen and oxygen atoms in total. The zero-order valence-corrected chi connectivity index (χ0v) is 12.6. The first-order chi connectivity index (χ1) is 9.93. The largest absolute Gasteiger partial charge is 0.372 e. The smallest absolute Gasteiger partial charge is 0.307 e. The Kier molecular flexibility index (Phi) is 4.75. The van der Waals surface area contributed by atoms with Gasteiger partial charge in [0.1, 0.15) is 6.61 Å². The highest BCUT2D eigenvalue weighted by molar-refractivity contribution is 7.61. The fourth-order valence-corrected chi connectivity index (χ4v) is 2.95. The molecule has 0 saturated carbocycles. The van der Waals surface area contributed by atoms with E-state index in [4.69, 9.17) is 15.7 Å². The molecule has 0 aliphatic heterocycles. The first-order valence-electron chi connectivity index (χ1n) is 6.50. The van der Waals surface area contributed by atoms with Gasteiger partial charge in [-0.15, -0.1) is 0 Å². The molecular weight excluding hydrogens is 289 g/mol. The third-order valence-corrected chi connectivity index (χ3v) is 4.04. The summed E-state index contributed by atoms with van der Waals surface area (Å²) in [4.78, 5) is 12.2. The van der Waals surface area contributed by atoms with E-state index in [-0.39, 0.29) is 6.61 Å². The minimum Gasteiger partial charge on any atom is -0.372 e. The predicted octanol–water partition coefficient (Wildman–Crippen LogP) is 2.23. The molecule has 0 heterocycles. The zero-order valence-electron chi connectivity index (χ0n) is 11.7. The number of carbonyl (C=O) groups is 1. The maximum absolute atomic E-state index is 12.2. The van der Waals surface area contributed by atoms with E-state index < -0.39 is 13.5 Å². The molecule has 0 saturated heterocycles. The lowest BCUT2D eigenvalue weighted by Crippen LogP contribution is -2.37. The Morgan fingerprint density at radius 1 is 1.19 bits per heavy atom. The highest BCUT2D eigenvalue weighted by Gasteiger charge is 2.28. The van der Waals surface area contributed by atoms with Crippen molar-refractivity contribution in [2.45, 2.75) is 6.92 Å². The van der Waals surface area contributed by atoms with E-state index in [1.807, 2.05) is 30.3 Å². The van der Waals surface area contributed by atoms with Gasteiger partial charge in [0.05, 0.1) is 5.69 Å². The normalized spacial score (nSPS) is 11.6. The van der Waals surface area contributed by atoms with Crippen molar-refractivity contribution in [3.63, 3.8) is 0 Å². The van der Waals surface area contributed by atoms with Crippen molar-refractivity contribution in [2.24, 2.45) is 11.0 Å². The summed E-state index contributed by atoms with van der Waals surface area (Å²) < 4.78 is 18.0. The standard InChI is InChI=1S/C14H18N3O3P/c1-2-20-10-14(18)17(21(15,16)19)13-8-7-11-5-3-4-6-12(11)9-13/h3-9H,2,10H2,1H3,(H4,15,16,19). The molecule has 0 bridgehead atoms. The molecule has 21 heavy (non-hydrogen) atoms. The molecule has 2 aromatic carbocycles. The van der Waals surface area contributed by atoms with Gasteiger partial charge in [-0.25, -0.2) is 4.67 Å². The molecule has 7 heteroatoms. The van der Waals surface area contributed by atoms with Crippen LogP contribution in [-0.4, -0.2) is 19.1 Å². The van der Waals surface area contributed by atoms with E-state index >= 15 is 0 Å².